The van der Waals surface area contributed by atoms with E-state index in [2.05, 4.69) is 4.98 Å². The third-order valence-corrected chi connectivity index (χ3v) is 3.18. The number of nitrogens with zero attached hydrogens (tertiary/aromatic N) is 1. The summed E-state index contributed by atoms with van der Waals surface area (Å²) in [6.45, 7) is 0. The number of fused-ring (bicyclic) bond motifs is 1. The van der Waals surface area contributed by atoms with Crippen LogP contribution in [0.15, 0.2) is 41.4 Å². The average molecular weight is 206 g/mol. The lowest BCUT2D eigenvalue weighted by Gasteiger charge is -2.04. The van der Waals surface area contributed by atoms with Crippen molar-refractivity contribution < 1.29 is 4.21 Å². The normalized spacial score (nSPS) is 15.2. The number of hydrogen-bond acceptors (Lipinski definition) is 3. The third-order valence-electron chi connectivity index (χ3n) is 2.02. The molecule has 0 saturated heterocycles. The first-order chi connectivity index (χ1) is 6.59. The van der Waals surface area contributed by atoms with Gasteiger partial charge < -0.3 is 0 Å². The van der Waals surface area contributed by atoms with E-state index < -0.39 is 9.73 Å². The first-order valence-corrected chi connectivity index (χ1v) is 6.13. The Balaban J connectivity index is 2.92. The zero-order valence-corrected chi connectivity index (χ0v) is 8.54. The van der Waals surface area contributed by atoms with Gasteiger partial charge in [-0.15, -0.1) is 0 Å². The van der Waals surface area contributed by atoms with Crippen LogP contribution >= 0.6 is 0 Å². The minimum atomic E-state index is -2.69. The number of rotatable bonds is 1. The van der Waals surface area contributed by atoms with Crippen molar-refractivity contribution in [2.24, 2.45) is 0 Å². The predicted molar refractivity (Wildman–Crippen MR) is 56.8 cm³/mol. The molecule has 1 heterocycles. The van der Waals surface area contributed by atoms with Crippen LogP contribution in [-0.4, -0.2) is 15.4 Å². The second kappa shape index (κ2) is 3.06. The fourth-order valence-corrected chi connectivity index (χ4v) is 2.27. The summed E-state index contributed by atoms with van der Waals surface area (Å²) in [6.07, 6.45) is 3.06. The van der Waals surface area contributed by atoms with E-state index in [0.29, 0.717) is 10.4 Å². The summed E-state index contributed by atoms with van der Waals surface area (Å²) in [6, 6.07) is 9.13. The van der Waals surface area contributed by atoms with Crippen molar-refractivity contribution in [3.63, 3.8) is 0 Å². The van der Waals surface area contributed by atoms with Gasteiger partial charge in [0.25, 0.3) is 0 Å². The summed E-state index contributed by atoms with van der Waals surface area (Å²) in [5, 5.41) is 0.923. The number of aromatic nitrogens is 1. The Labute approximate surface area is 82.8 Å². The van der Waals surface area contributed by atoms with Gasteiger partial charge in [0.15, 0.2) is 0 Å². The van der Waals surface area contributed by atoms with Gasteiger partial charge in [0.2, 0.25) is 0 Å². The maximum atomic E-state index is 11.6. The number of hydrogen-bond donors (Lipinski definition) is 1. The Bertz CT molecular complexity index is 570. The summed E-state index contributed by atoms with van der Waals surface area (Å²) >= 11 is 0. The molecule has 0 radical (unpaired) electrons. The van der Waals surface area contributed by atoms with Gasteiger partial charge in [0.05, 0.1) is 20.1 Å². The molecule has 0 aliphatic carbocycles. The highest BCUT2D eigenvalue weighted by Crippen LogP contribution is 2.20. The Hall–Kier alpha value is -1.42. The maximum absolute atomic E-state index is 11.6. The van der Waals surface area contributed by atoms with Crippen LogP contribution in [0.3, 0.4) is 0 Å². The zero-order valence-electron chi connectivity index (χ0n) is 7.73. The van der Waals surface area contributed by atoms with Crippen LogP contribution in [0.5, 0.6) is 0 Å². The Morgan fingerprint density at radius 3 is 2.71 bits per heavy atom. The summed E-state index contributed by atoms with van der Waals surface area (Å²) in [5.74, 6) is 0. The highest BCUT2D eigenvalue weighted by molar-refractivity contribution is 7.92. The molecule has 0 bridgehead atoms. The average Bonchev–Trinajstić information content (AvgIpc) is 2.15. The van der Waals surface area contributed by atoms with Gasteiger partial charge in [-0.1, -0.05) is 18.2 Å². The molecule has 1 aromatic heterocycles. The van der Waals surface area contributed by atoms with E-state index in [-0.39, 0.29) is 0 Å². The first-order valence-electron chi connectivity index (χ1n) is 4.16. The van der Waals surface area contributed by atoms with Gasteiger partial charge >= 0.3 is 0 Å². The summed E-state index contributed by atoms with van der Waals surface area (Å²) in [7, 11) is -2.69. The molecule has 72 valence electrons. The van der Waals surface area contributed by atoms with Gasteiger partial charge in [-0.05, 0) is 12.1 Å². The Kier molecular flexibility index (Phi) is 2.00. The molecule has 0 saturated carbocycles. The monoisotopic (exact) mass is 206 g/mol. The maximum Gasteiger partial charge on any atom is 0.0871 e. The van der Waals surface area contributed by atoms with Crippen molar-refractivity contribution in [3.05, 3.63) is 36.5 Å². The van der Waals surface area contributed by atoms with Crippen LogP contribution in [0.25, 0.3) is 10.9 Å². The molecule has 0 aliphatic rings. The van der Waals surface area contributed by atoms with E-state index in [1.807, 2.05) is 18.2 Å². The second-order valence-corrected chi connectivity index (χ2v) is 5.30. The van der Waals surface area contributed by atoms with Crippen LogP contribution < -0.4 is 0 Å². The van der Waals surface area contributed by atoms with Crippen molar-refractivity contribution in [1.29, 1.82) is 4.78 Å². The number of benzene rings is 1. The van der Waals surface area contributed by atoms with E-state index in [0.717, 1.165) is 5.39 Å². The first kappa shape index (κ1) is 9.15. The van der Waals surface area contributed by atoms with Crippen LogP contribution in [0.4, 0.5) is 0 Å². The summed E-state index contributed by atoms with van der Waals surface area (Å²) in [5.41, 5.74) is 0.664. The van der Waals surface area contributed by atoms with E-state index in [1.54, 1.807) is 18.3 Å². The molecule has 2 rings (SSSR count). The number of para-hydroxylation sites is 1. The summed E-state index contributed by atoms with van der Waals surface area (Å²) in [4.78, 5) is 4.66. The third kappa shape index (κ3) is 1.48. The minimum absolute atomic E-state index is 0.510. The SMILES string of the molecule is C[S@](=N)(=O)c1cccc2cccnc12. The van der Waals surface area contributed by atoms with E-state index in [4.69, 9.17) is 4.78 Å². The molecule has 0 aliphatic heterocycles. The van der Waals surface area contributed by atoms with Gasteiger partial charge in [-0.3, -0.25) is 4.98 Å². The molecule has 2 aromatic rings. The lowest BCUT2D eigenvalue weighted by molar-refractivity contribution is 0.679. The van der Waals surface area contributed by atoms with Gasteiger partial charge in [-0.2, -0.15) is 0 Å². The van der Waals surface area contributed by atoms with Crippen molar-refractivity contribution >= 4 is 20.6 Å². The molecule has 4 heteroatoms. The molecular formula is C10H10N2OS. The van der Waals surface area contributed by atoms with Gasteiger partial charge in [0, 0.05) is 17.8 Å². The highest BCUT2D eigenvalue weighted by atomic mass is 32.2. The lowest BCUT2D eigenvalue weighted by Crippen LogP contribution is -1.96. The van der Waals surface area contributed by atoms with Gasteiger partial charge in [0.1, 0.15) is 0 Å². The fourth-order valence-electron chi connectivity index (χ4n) is 1.39. The standard InChI is InChI=1S/C10H10N2OS/c1-14(11,13)9-6-2-4-8-5-3-7-12-10(8)9/h2-7,11H,1H3/t14-/m0/s1. The second-order valence-electron chi connectivity index (χ2n) is 3.17. The molecule has 1 atom stereocenters. The number of nitrogens with one attached hydrogen (secondary N) is 1. The smallest absolute Gasteiger partial charge is 0.0871 e. The highest BCUT2D eigenvalue weighted by Gasteiger charge is 2.08. The molecule has 0 amide bonds. The van der Waals surface area contributed by atoms with Crippen LogP contribution in [0.2, 0.25) is 0 Å². The Morgan fingerprint density at radius 1 is 1.29 bits per heavy atom. The molecule has 14 heavy (non-hydrogen) atoms. The van der Waals surface area contributed by atoms with E-state index in [9.17, 15) is 4.21 Å². The van der Waals surface area contributed by atoms with Crippen LogP contribution in [0, 0.1) is 4.78 Å². The minimum Gasteiger partial charge on any atom is -0.255 e. The number of pyridine rings is 1. The lowest BCUT2D eigenvalue weighted by atomic mass is 10.2. The topological polar surface area (TPSA) is 53.8 Å². The molecule has 1 N–H and O–H groups in total. The largest absolute Gasteiger partial charge is 0.255 e. The molecule has 0 fully saturated rings. The molecule has 0 unspecified atom stereocenters. The molecule has 1 aromatic carbocycles. The van der Waals surface area contributed by atoms with Crippen molar-refractivity contribution in [2.45, 2.75) is 4.90 Å². The van der Waals surface area contributed by atoms with Crippen LogP contribution in [0.1, 0.15) is 0 Å². The van der Waals surface area contributed by atoms with E-state index in [1.165, 1.54) is 6.26 Å². The molecule has 0 spiro atoms. The van der Waals surface area contributed by atoms with Gasteiger partial charge in [-0.25, -0.2) is 8.99 Å². The zero-order chi connectivity index (χ0) is 10.2. The summed E-state index contributed by atoms with van der Waals surface area (Å²) < 4.78 is 19.2. The predicted octanol–water partition coefficient (Wildman–Crippen LogP) is 2.27. The Morgan fingerprint density at radius 2 is 2.00 bits per heavy atom. The quantitative estimate of drug-likeness (QED) is 0.778. The van der Waals surface area contributed by atoms with Crippen molar-refractivity contribution in [3.8, 4) is 0 Å². The van der Waals surface area contributed by atoms with Crippen molar-refractivity contribution in [2.75, 3.05) is 6.26 Å². The fraction of sp³-hybridized carbons (Fsp3) is 0.100. The van der Waals surface area contributed by atoms with E-state index >= 15 is 0 Å². The molecular weight excluding hydrogens is 196 g/mol. The van der Waals surface area contributed by atoms with Crippen molar-refractivity contribution in [1.82, 2.24) is 4.98 Å². The van der Waals surface area contributed by atoms with Crippen LogP contribution in [-0.2, 0) is 9.73 Å². The molecule has 3 nitrogen and oxygen atoms in total.